The van der Waals surface area contributed by atoms with Crippen molar-refractivity contribution in [1.82, 2.24) is 0 Å². The molecule has 2 nitrogen and oxygen atoms in total. The van der Waals surface area contributed by atoms with Crippen LogP contribution in [0.4, 0.5) is 0 Å². The van der Waals surface area contributed by atoms with Crippen molar-refractivity contribution in [3.8, 4) is 0 Å². The second-order valence-electron chi connectivity index (χ2n) is 5.07. The fourth-order valence-corrected chi connectivity index (χ4v) is 2.53. The highest BCUT2D eigenvalue weighted by molar-refractivity contribution is 5.79. The Labute approximate surface area is 110 Å². The van der Waals surface area contributed by atoms with E-state index in [1.54, 1.807) is 6.21 Å². The van der Waals surface area contributed by atoms with Gasteiger partial charge < -0.3 is 4.84 Å². The van der Waals surface area contributed by atoms with E-state index in [1.165, 1.54) is 37.7 Å². The van der Waals surface area contributed by atoms with Crippen molar-refractivity contribution in [3.63, 3.8) is 0 Å². The van der Waals surface area contributed by atoms with Crippen LogP contribution in [0.5, 0.6) is 0 Å². The molecule has 0 N–H and O–H groups in total. The van der Waals surface area contributed by atoms with Gasteiger partial charge in [0.25, 0.3) is 0 Å². The number of hydrogen-bond acceptors (Lipinski definition) is 2. The molecule has 18 heavy (non-hydrogen) atoms. The number of oxime groups is 1. The molecule has 1 aliphatic rings. The second kappa shape index (κ2) is 7.20. The van der Waals surface area contributed by atoms with E-state index in [9.17, 15) is 0 Å². The molecule has 0 unspecified atom stereocenters. The average molecular weight is 245 g/mol. The van der Waals surface area contributed by atoms with E-state index < -0.39 is 0 Å². The molecule has 2 rings (SSSR count). The number of rotatable bonds is 5. The SMILES string of the molecule is CCCON=Cc1ccc(C2CCCCC2)cc1. The molecule has 0 amide bonds. The van der Waals surface area contributed by atoms with Crippen molar-refractivity contribution in [1.29, 1.82) is 0 Å². The van der Waals surface area contributed by atoms with E-state index in [1.807, 2.05) is 0 Å². The summed E-state index contributed by atoms with van der Waals surface area (Å²) in [7, 11) is 0. The summed E-state index contributed by atoms with van der Waals surface area (Å²) in [5.74, 6) is 0.779. The first-order valence-electron chi connectivity index (χ1n) is 7.15. The normalized spacial score (nSPS) is 17.2. The summed E-state index contributed by atoms with van der Waals surface area (Å²) in [6.45, 7) is 2.77. The highest BCUT2D eigenvalue weighted by Gasteiger charge is 2.14. The molecule has 0 saturated heterocycles. The summed E-state index contributed by atoms with van der Waals surface area (Å²) in [4.78, 5) is 5.10. The minimum atomic E-state index is 0.691. The van der Waals surface area contributed by atoms with Gasteiger partial charge in [0, 0.05) is 0 Å². The van der Waals surface area contributed by atoms with Gasteiger partial charge in [-0.1, -0.05) is 55.6 Å². The van der Waals surface area contributed by atoms with Crippen LogP contribution >= 0.6 is 0 Å². The lowest BCUT2D eigenvalue weighted by molar-refractivity contribution is 0.146. The maximum atomic E-state index is 5.10. The zero-order chi connectivity index (χ0) is 12.6. The molecule has 1 fully saturated rings. The van der Waals surface area contributed by atoms with Gasteiger partial charge >= 0.3 is 0 Å². The maximum Gasteiger partial charge on any atom is 0.116 e. The molecule has 2 heteroatoms. The van der Waals surface area contributed by atoms with Gasteiger partial charge in [0.1, 0.15) is 6.61 Å². The Morgan fingerprint density at radius 3 is 2.56 bits per heavy atom. The molecule has 1 saturated carbocycles. The minimum absolute atomic E-state index is 0.691. The lowest BCUT2D eigenvalue weighted by Gasteiger charge is -2.21. The van der Waals surface area contributed by atoms with Crippen molar-refractivity contribution in [3.05, 3.63) is 35.4 Å². The van der Waals surface area contributed by atoms with Crippen LogP contribution in [0.15, 0.2) is 29.4 Å². The van der Waals surface area contributed by atoms with Gasteiger partial charge in [-0.2, -0.15) is 0 Å². The molecule has 98 valence electrons. The van der Waals surface area contributed by atoms with Crippen molar-refractivity contribution in [2.45, 2.75) is 51.4 Å². The molecule has 1 aliphatic carbocycles. The van der Waals surface area contributed by atoms with E-state index in [4.69, 9.17) is 4.84 Å². The van der Waals surface area contributed by atoms with E-state index in [0.29, 0.717) is 6.61 Å². The van der Waals surface area contributed by atoms with Gasteiger partial charge in [-0.25, -0.2) is 0 Å². The fraction of sp³-hybridized carbons (Fsp3) is 0.562. The van der Waals surface area contributed by atoms with Crippen LogP contribution in [0.3, 0.4) is 0 Å². The Kier molecular flexibility index (Phi) is 5.25. The van der Waals surface area contributed by atoms with Gasteiger partial charge in [0.2, 0.25) is 0 Å². The number of benzene rings is 1. The van der Waals surface area contributed by atoms with Gasteiger partial charge in [-0.3, -0.25) is 0 Å². The topological polar surface area (TPSA) is 21.6 Å². The van der Waals surface area contributed by atoms with Gasteiger partial charge in [0.05, 0.1) is 6.21 Å². The summed E-state index contributed by atoms with van der Waals surface area (Å²) in [6, 6.07) is 8.78. The van der Waals surface area contributed by atoms with E-state index in [2.05, 4.69) is 36.3 Å². The lowest BCUT2D eigenvalue weighted by Crippen LogP contribution is -2.04. The quantitative estimate of drug-likeness (QED) is 0.425. The smallest absolute Gasteiger partial charge is 0.116 e. The molecule has 0 bridgehead atoms. The van der Waals surface area contributed by atoms with Crippen molar-refractivity contribution in [2.24, 2.45) is 5.16 Å². The molecular weight excluding hydrogens is 222 g/mol. The largest absolute Gasteiger partial charge is 0.396 e. The van der Waals surface area contributed by atoms with Crippen LogP contribution in [-0.4, -0.2) is 12.8 Å². The average Bonchev–Trinajstić information content (AvgIpc) is 2.45. The molecule has 0 aliphatic heterocycles. The molecule has 1 aromatic rings. The number of nitrogens with zero attached hydrogens (tertiary/aromatic N) is 1. The Hall–Kier alpha value is -1.31. The summed E-state index contributed by atoms with van der Waals surface area (Å²) in [6.07, 6.45) is 9.69. The molecule has 0 aromatic heterocycles. The summed E-state index contributed by atoms with van der Waals surface area (Å²) < 4.78 is 0. The Morgan fingerprint density at radius 2 is 1.89 bits per heavy atom. The molecule has 1 aromatic carbocycles. The third kappa shape index (κ3) is 3.86. The highest BCUT2D eigenvalue weighted by atomic mass is 16.6. The predicted molar refractivity (Wildman–Crippen MR) is 76.1 cm³/mol. The van der Waals surface area contributed by atoms with E-state index >= 15 is 0 Å². The van der Waals surface area contributed by atoms with E-state index in [0.717, 1.165) is 17.9 Å². The Morgan fingerprint density at radius 1 is 1.17 bits per heavy atom. The summed E-state index contributed by atoms with van der Waals surface area (Å²) >= 11 is 0. The van der Waals surface area contributed by atoms with E-state index in [-0.39, 0.29) is 0 Å². The zero-order valence-corrected chi connectivity index (χ0v) is 11.3. The van der Waals surface area contributed by atoms with Crippen LogP contribution in [0.25, 0.3) is 0 Å². The van der Waals surface area contributed by atoms with Crippen LogP contribution < -0.4 is 0 Å². The van der Waals surface area contributed by atoms with Gasteiger partial charge in [-0.15, -0.1) is 0 Å². The number of hydrogen-bond donors (Lipinski definition) is 0. The highest BCUT2D eigenvalue weighted by Crippen LogP contribution is 2.32. The molecule has 0 atom stereocenters. The monoisotopic (exact) mass is 245 g/mol. The molecule has 0 radical (unpaired) electrons. The minimum Gasteiger partial charge on any atom is -0.396 e. The third-order valence-corrected chi connectivity index (χ3v) is 3.58. The van der Waals surface area contributed by atoms with Crippen LogP contribution in [-0.2, 0) is 4.84 Å². The zero-order valence-electron chi connectivity index (χ0n) is 11.3. The first-order chi connectivity index (χ1) is 8.90. The van der Waals surface area contributed by atoms with Crippen molar-refractivity contribution < 1.29 is 4.84 Å². The first kappa shape index (κ1) is 13.1. The molecule has 0 spiro atoms. The predicted octanol–water partition coefficient (Wildman–Crippen LogP) is 4.49. The third-order valence-electron chi connectivity index (χ3n) is 3.58. The van der Waals surface area contributed by atoms with Crippen LogP contribution in [0, 0.1) is 0 Å². The standard InChI is InChI=1S/C16H23NO/c1-2-12-18-17-13-14-8-10-16(11-9-14)15-6-4-3-5-7-15/h8-11,13,15H,2-7,12H2,1H3. The van der Waals surface area contributed by atoms with Gasteiger partial charge in [-0.05, 0) is 36.3 Å². The summed E-state index contributed by atoms with van der Waals surface area (Å²) in [5, 5.41) is 3.95. The Balaban J connectivity index is 1.90. The molecule has 0 heterocycles. The Bertz CT molecular complexity index is 363. The molecular formula is C16H23NO. The van der Waals surface area contributed by atoms with Gasteiger partial charge in [0.15, 0.2) is 0 Å². The fourth-order valence-electron chi connectivity index (χ4n) is 2.53. The second-order valence-corrected chi connectivity index (χ2v) is 5.07. The van der Waals surface area contributed by atoms with Crippen molar-refractivity contribution >= 4 is 6.21 Å². The summed E-state index contributed by atoms with van der Waals surface area (Å²) in [5.41, 5.74) is 2.60. The van der Waals surface area contributed by atoms with Crippen LogP contribution in [0.2, 0.25) is 0 Å². The maximum absolute atomic E-state index is 5.10. The van der Waals surface area contributed by atoms with Crippen molar-refractivity contribution in [2.75, 3.05) is 6.61 Å². The lowest BCUT2D eigenvalue weighted by atomic mass is 9.84. The van der Waals surface area contributed by atoms with Crippen LogP contribution in [0.1, 0.15) is 62.5 Å². The first-order valence-corrected chi connectivity index (χ1v) is 7.15.